The second kappa shape index (κ2) is 4.31. The van der Waals surface area contributed by atoms with Crippen LogP contribution < -0.4 is 4.74 Å². The molecule has 0 bridgehead atoms. The summed E-state index contributed by atoms with van der Waals surface area (Å²) in [5.74, 6) is -0.244. The van der Waals surface area contributed by atoms with Crippen LogP contribution in [0.5, 0.6) is 5.88 Å². The summed E-state index contributed by atoms with van der Waals surface area (Å²) in [5.41, 5.74) is 0. The van der Waals surface area contributed by atoms with Crippen molar-refractivity contribution < 1.29 is 17.9 Å². The third-order valence-electron chi connectivity index (χ3n) is 1.04. The largest absolute Gasteiger partial charge is 0.466 e. The van der Waals surface area contributed by atoms with Crippen molar-refractivity contribution in [3.8, 4) is 5.88 Å². The number of aromatic nitrogens is 2. The van der Waals surface area contributed by atoms with Crippen LogP contribution in [0.1, 0.15) is 0 Å². The first-order valence-corrected chi connectivity index (χ1v) is 4.43. The summed E-state index contributed by atoms with van der Waals surface area (Å²) in [5, 5.41) is 0.0660. The van der Waals surface area contributed by atoms with Crippen molar-refractivity contribution in [1.82, 2.24) is 9.97 Å². The molecule has 0 atom stereocenters. The Kier molecular flexibility index (Phi) is 3.54. The fourth-order valence-electron chi connectivity index (χ4n) is 0.583. The van der Waals surface area contributed by atoms with E-state index in [0.717, 1.165) is 6.20 Å². The normalized spacial score (nSPS) is 11.5. The topological polar surface area (TPSA) is 35.0 Å². The maximum absolute atomic E-state index is 11.7. The summed E-state index contributed by atoms with van der Waals surface area (Å²) < 4.78 is 39.6. The maximum atomic E-state index is 11.7. The lowest BCUT2D eigenvalue weighted by atomic mass is 10.7. The number of ether oxygens (including phenoxy) is 1. The lowest BCUT2D eigenvalue weighted by Crippen LogP contribution is -2.19. The first-order valence-electron chi connectivity index (χ1n) is 3.26. The standard InChI is InChI=1S/C6H3BrClF3N2O/c7-4-5(12-1-3(8)13-4)14-2-6(9,10)11/h1H,2H2. The molecule has 0 radical (unpaired) electrons. The summed E-state index contributed by atoms with van der Waals surface area (Å²) >= 11 is 8.29. The predicted molar refractivity (Wildman–Crippen MR) is 46.3 cm³/mol. The fraction of sp³-hybridized carbons (Fsp3) is 0.333. The van der Waals surface area contributed by atoms with E-state index in [4.69, 9.17) is 11.6 Å². The number of nitrogens with zero attached hydrogens (tertiary/aromatic N) is 2. The first-order chi connectivity index (χ1) is 6.38. The van der Waals surface area contributed by atoms with Crippen molar-refractivity contribution in [2.75, 3.05) is 6.61 Å². The zero-order valence-corrected chi connectivity index (χ0v) is 8.82. The molecule has 0 saturated carbocycles. The molecule has 1 heterocycles. The van der Waals surface area contributed by atoms with E-state index in [9.17, 15) is 13.2 Å². The molecule has 0 spiro atoms. The van der Waals surface area contributed by atoms with Crippen LogP contribution >= 0.6 is 27.5 Å². The molecule has 0 fully saturated rings. The van der Waals surface area contributed by atoms with Crippen LogP contribution in [0.3, 0.4) is 0 Å². The van der Waals surface area contributed by atoms with E-state index in [0.29, 0.717) is 0 Å². The van der Waals surface area contributed by atoms with Crippen molar-refractivity contribution >= 4 is 27.5 Å². The van der Waals surface area contributed by atoms with Crippen LogP contribution in [-0.4, -0.2) is 22.8 Å². The van der Waals surface area contributed by atoms with E-state index in [2.05, 4.69) is 30.6 Å². The van der Waals surface area contributed by atoms with Gasteiger partial charge in [-0.25, -0.2) is 9.97 Å². The molecule has 8 heteroatoms. The molecule has 0 saturated heterocycles. The summed E-state index contributed by atoms with van der Waals surface area (Å²) in [6.07, 6.45) is -3.31. The van der Waals surface area contributed by atoms with Gasteiger partial charge in [-0.3, -0.25) is 0 Å². The quantitative estimate of drug-likeness (QED) is 0.840. The highest BCUT2D eigenvalue weighted by atomic mass is 79.9. The minimum absolute atomic E-state index is 0.0363. The smallest absolute Gasteiger partial charge is 0.422 e. The Morgan fingerprint density at radius 1 is 1.50 bits per heavy atom. The van der Waals surface area contributed by atoms with Gasteiger partial charge < -0.3 is 4.74 Å². The molecule has 0 aliphatic heterocycles. The minimum Gasteiger partial charge on any atom is -0.466 e. The van der Waals surface area contributed by atoms with Gasteiger partial charge in [-0.1, -0.05) is 11.6 Å². The molecule has 1 aromatic rings. The van der Waals surface area contributed by atoms with Crippen molar-refractivity contribution in [1.29, 1.82) is 0 Å². The van der Waals surface area contributed by atoms with Crippen LogP contribution in [0.2, 0.25) is 5.15 Å². The number of rotatable bonds is 2. The van der Waals surface area contributed by atoms with Crippen molar-refractivity contribution in [3.63, 3.8) is 0 Å². The average molecular weight is 291 g/mol. The van der Waals surface area contributed by atoms with Gasteiger partial charge in [0.15, 0.2) is 11.2 Å². The number of hydrogen-bond acceptors (Lipinski definition) is 3. The average Bonchev–Trinajstić information content (AvgIpc) is 2.00. The Labute approximate surface area is 90.4 Å². The third kappa shape index (κ3) is 3.67. The summed E-state index contributed by atoms with van der Waals surface area (Å²) in [6, 6.07) is 0. The Morgan fingerprint density at radius 2 is 2.14 bits per heavy atom. The van der Waals surface area contributed by atoms with E-state index < -0.39 is 12.8 Å². The monoisotopic (exact) mass is 290 g/mol. The van der Waals surface area contributed by atoms with Crippen LogP contribution in [0.25, 0.3) is 0 Å². The second-order valence-electron chi connectivity index (χ2n) is 2.19. The predicted octanol–water partition coefficient (Wildman–Crippen LogP) is 2.83. The van der Waals surface area contributed by atoms with E-state index in [1.165, 1.54) is 0 Å². The van der Waals surface area contributed by atoms with Crippen LogP contribution in [0, 0.1) is 0 Å². The van der Waals surface area contributed by atoms with Crippen LogP contribution in [0.4, 0.5) is 13.2 Å². The van der Waals surface area contributed by atoms with Crippen molar-refractivity contribution in [2.24, 2.45) is 0 Å². The molecular formula is C6H3BrClF3N2O. The first kappa shape index (κ1) is 11.5. The molecule has 0 unspecified atom stereocenters. The van der Waals surface area contributed by atoms with E-state index in [1.807, 2.05) is 0 Å². The van der Waals surface area contributed by atoms with Crippen molar-refractivity contribution in [2.45, 2.75) is 6.18 Å². The van der Waals surface area contributed by atoms with E-state index >= 15 is 0 Å². The molecule has 1 rings (SSSR count). The van der Waals surface area contributed by atoms with Gasteiger partial charge in [0.05, 0.1) is 6.20 Å². The van der Waals surface area contributed by atoms with Gasteiger partial charge in [-0.05, 0) is 15.9 Å². The van der Waals surface area contributed by atoms with E-state index in [1.54, 1.807) is 0 Å². The Bertz CT molecular complexity index is 333. The molecule has 1 aromatic heterocycles. The molecule has 0 aromatic carbocycles. The fourth-order valence-corrected chi connectivity index (χ4v) is 1.23. The lowest BCUT2D eigenvalue weighted by molar-refractivity contribution is -0.154. The molecule has 0 aliphatic rings. The number of halogens is 5. The molecule has 14 heavy (non-hydrogen) atoms. The molecule has 3 nitrogen and oxygen atoms in total. The highest BCUT2D eigenvalue weighted by Gasteiger charge is 2.29. The minimum atomic E-state index is -4.40. The van der Waals surface area contributed by atoms with Gasteiger partial charge in [-0.2, -0.15) is 13.2 Å². The molecule has 0 N–H and O–H groups in total. The van der Waals surface area contributed by atoms with Gasteiger partial charge in [0.2, 0.25) is 5.88 Å². The van der Waals surface area contributed by atoms with Gasteiger partial charge >= 0.3 is 6.18 Å². The zero-order chi connectivity index (χ0) is 10.8. The molecular weight excluding hydrogens is 288 g/mol. The highest BCUT2D eigenvalue weighted by molar-refractivity contribution is 9.10. The number of alkyl halides is 3. The second-order valence-corrected chi connectivity index (χ2v) is 3.33. The van der Waals surface area contributed by atoms with E-state index in [-0.39, 0.29) is 15.6 Å². The number of hydrogen-bond donors (Lipinski definition) is 0. The third-order valence-corrected chi connectivity index (χ3v) is 1.74. The zero-order valence-electron chi connectivity index (χ0n) is 6.48. The highest BCUT2D eigenvalue weighted by Crippen LogP contribution is 2.23. The summed E-state index contributed by atoms with van der Waals surface area (Å²) in [7, 11) is 0. The summed E-state index contributed by atoms with van der Waals surface area (Å²) in [4.78, 5) is 7.12. The van der Waals surface area contributed by atoms with Gasteiger partial charge in [0.1, 0.15) is 5.15 Å². The Morgan fingerprint density at radius 3 is 2.64 bits per heavy atom. The summed E-state index contributed by atoms with van der Waals surface area (Å²) in [6.45, 7) is -1.41. The van der Waals surface area contributed by atoms with Crippen LogP contribution in [0.15, 0.2) is 10.8 Å². The van der Waals surface area contributed by atoms with Crippen molar-refractivity contribution in [3.05, 3.63) is 16.0 Å². The van der Waals surface area contributed by atoms with Gasteiger partial charge in [-0.15, -0.1) is 0 Å². The SMILES string of the molecule is FC(F)(F)COc1ncc(Cl)nc1Br. The Hall–Kier alpha value is -0.560. The molecule has 0 amide bonds. The Balaban J connectivity index is 2.68. The molecule has 0 aliphatic carbocycles. The van der Waals surface area contributed by atoms with Crippen LogP contribution in [-0.2, 0) is 0 Å². The maximum Gasteiger partial charge on any atom is 0.422 e. The van der Waals surface area contributed by atoms with Gasteiger partial charge in [0.25, 0.3) is 0 Å². The van der Waals surface area contributed by atoms with Gasteiger partial charge in [0, 0.05) is 0 Å². The molecule has 78 valence electrons. The lowest BCUT2D eigenvalue weighted by Gasteiger charge is -2.08.